The standard InChI is InChI=1S/C25H31N3O3/c1-24(2)20-15-17(22(29)26-25(3)11-13-31-14-12-25)9-10-21(20)28(23(24)30)19-8-6-7-18(16-19)27(4)5/h6-10,15-16H,11-14H2,1-5H3,(H,26,29). The van der Waals surface area contributed by atoms with Crippen molar-refractivity contribution in [2.24, 2.45) is 0 Å². The van der Waals surface area contributed by atoms with Gasteiger partial charge in [0.2, 0.25) is 5.91 Å². The molecule has 2 aliphatic heterocycles. The van der Waals surface area contributed by atoms with E-state index in [2.05, 4.69) is 12.2 Å². The van der Waals surface area contributed by atoms with Gasteiger partial charge in [0.05, 0.1) is 16.8 Å². The van der Waals surface area contributed by atoms with Crippen LogP contribution < -0.4 is 15.1 Å². The molecule has 1 fully saturated rings. The second kappa shape index (κ2) is 7.68. The fraction of sp³-hybridized carbons (Fsp3) is 0.440. The van der Waals surface area contributed by atoms with Crippen molar-refractivity contribution < 1.29 is 14.3 Å². The first-order valence-electron chi connectivity index (χ1n) is 10.8. The van der Waals surface area contributed by atoms with E-state index in [4.69, 9.17) is 4.74 Å². The topological polar surface area (TPSA) is 61.9 Å². The van der Waals surface area contributed by atoms with Gasteiger partial charge in [0, 0.05) is 44.1 Å². The van der Waals surface area contributed by atoms with Gasteiger partial charge in [-0.1, -0.05) is 6.07 Å². The summed E-state index contributed by atoms with van der Waals surface area (Å²) in [5.41, 5.74) is 3.15. The largest absolute Gasteiger partial charge is 0.381 e. The summed E-state index contributed by atoms with van der Waals surface area (Å²) >= 11 is 0. The van der Waals surface area contributed by atoms with Gasteiger partial charge in [-0.3, -0.25) is 14.5 Å². The van der Waals surface area contributed by atoms with Crippen molar-refractivity contribution in [1.29, 1.82) is 0 Å². The summed E-state index contributed by atoms with van der Waals surface area (Å²) in [6, 6.07) is 13.5. The molecule has 0 unspecified atom stereocenters. The van der Waals surface area contributed by atoms with Crippen molar-refractivity contribution in [2.45, 2.75) is 44.6 Å². The molecule has 1 N–H and O–H groups in total. The van der Waals surface area contributed by atoms with Gasteiger partial charge in [-0.2, -0.15) is 0 Å². The quantitative estimate of drug-likeness (QED) is 0.810. The first-order chi connectivity index (χ1) is 14.6. The van der Waals surface area contributed by atoms with Crippen molar-refractivity contribution in [3.05, 3.63) is 53.6 Å². The van der Waals surface area contributed by atoms with Gasteiger partial charge in [-0.05, 0) is 75.6 Å². The Morgan fingerprint density at radius 1 is 1.06 bits per heavy atom. The summed E-state index contributed by atoms with van der Waals surface area (Å²) in [4.78, 5) is 30.2. The van der Waals surface area contributed by atoms with Crippen LogP contribution in [0.5, 0.6) is 0 Å². The summed E-state index contributed by atoms with van der Waals surface area (Å²) in [7, 11) is 3.96. The molecule has 6 nitrogen and oxygen atoms in total. The molecule has 0 radical (unpaired) electrons. The average Bonchev–Trinajstić information content (AvgIpc) is 2.93. The van der Waals surface area contributed by atoms with Crippen LogP contribution in [0.1, 0.15) is 49.5 Å². The number of nitrogens with one attached hydrogen (secondary N) is 1. The lowest BCUT2D eigenvalue weighted by molar-refractivity contribution is -0.121. The van der Waals surface area contributed by atoms with Crippen LogP contribution in [0.2, 0.25) is 0 Å². The van der Waals surface area contributed by atoms with E-state index in [0.29, 0.717) is 18.8 Å². The molecular weight excluding hydrogens is 390 g/mol. The van der Waals surface area contributed by atoms with Crippen LogP contribution in [0.25, 0.3) is 0 Å². The maximum Gasteiger partial charge on any atom is 0.251 e. The average molecular weight is 422 g/mol. The number of carbonyl (C=O) groups is 2. The number of hydrogen-bond donors (Lipinski definition) is 1. The van der Waals surface area contributed by atoms with E-state index in [1.807, 2.05) is 75.3 Å². The zero-order chi connectivity index (χ0) is 22.4. The summed E-state index contributed by atoms with van der Waals surface area (Å²) in [5.74, 6) is -0.101. The van der Waals surface area contributed by atoms with E-state index < -0.39 is 5.41 Å². The maximum atomic E-state index is 13.4. The molecule has 2 aromatic carbocycles. The van der Waals surface area contributed by atoms with Gasteiger partial charge < -0.3 is 15.0 Å². The number of benzene rings is 2. The molecule has 0 saturated carbocycles. The lowest BCUT2D eigenvalue weighted by Gasteiger charge is -2.34. The van der Waals surface area contributed by atoms with Crippen LogP contribution in [-0.2, 0) is 14.9 Å². The van der Waals surface area contributed by atoms with E-state index >= 15 is 0 Å². The highest BCUT2D eigenvalue weighted by molar-refractivity contribution is 6.13. The third kappa shape index (κ3) is 3.81. The van der Waals surface area contributed by atoms with Gasteiger partial charge in [0.15, 0.2) is 0 Å². The van der Waals surface area contributed by atoms with Crippen molar-refractivity contribution in [3.63, 3.8) is 0 Å². The number of ether oxygens (including phenoxy) is 1. The number of anilines is 3. The van der Waals surface area contributed by atoms with Gasteiger partial charge in [0.25, 0.3) is 5.91 Å². The molecule has 2 heterocycles. The molecular formula is C25H31N3O3. The molecule has 4 rings (SSSR count). The fourth-order valence-electron chi connectivity index (χ4n) is 4.34. The Kier molecular flexibility index (Phi) is 5.30. The van der Waals surface area contributed by atoms with Crippen LogP contribution in [0.15, 0.2) is 42.5 Å². The molecule has 31 heavy (non-hydrogen) atoms. The molecule has 6 heteroatoms. The normalized spacial score (nSPS) is 19.1. The Labute approximate surface area is 184 Å². The Morgan fingerprint density at radius 3 is 2.45 bits per heavy atom. The number of fused-ring (bicyclic) bond motifs is 1. The lowest BCUT2D eigenvalue weighted by atomic mass is 9.85. The Bertz CT molecular complexity index is 1020. The van der Waals surface area contributed by atoms with Crippen molar-refractivity contribution >= 4 is 28.9 Å². The third-order valence-electron chi connectivity index (χ3n) is 6.53. The number of nitrogens with zero attached hydrogens (tertiary/aromatic N) is 2. The van der Waals surface area contributed by atoms with Crippen molar-refractivity contribution in [2.75, 3.05) is 37.1 Å². The van der Waals surface area contributed by atoms with E-state index in [-0.39, 0.29) is 17.4 Å². The zero-order valence-corrected chi connectivity index (χ0v) is 19.0. The van der Waals surface area contributed by atoms with Gasteiger partial charge in [0.1, 0.15) is 0 Å². The predicted octanol–water partition coefficient (Wildman–Crippen LogP) is 4.01. The predicted molar refractivity (Wildman–Crippen MR) is 123 cm³/mol. The van der Waals surface area contributed by atoms with Crippen LogP contribution >= 0.6 is 0 Å². The van der Waals surface area contributed by atoms with Crippen molar-refractivity contribution in [3.8, 4) is 0 Å². The third-order valence-corrected chi connectivity index (χ3v) is 6.53. The minimum absolute atomic E-state index is 0.00681. The molecule has 2 aromatic rings. The van der Waals surface area contributed by atoms with Crippen LogP contribution in [-0.4, -0.2) is 44.7 Å². The molecule has 0 bridgehead atoms. The van der Waals surface area contributed by atoms with E-state index in [1.165, 1.54) is 0 Å². The second-order valence-electron chi connectivity index (χ2n) is 9.54. The number of hydrogen-bond acceptors (Lipinski definition) is 4. The molecule has 0 atom stereocenters. The highest BCUT2D eigenvalue weighted by Crippen LogP contribution is 2.46. The van der Waals surface area contributed by atoms with E-state index in [9.17, 15) is 9.59 Å². The van der Waals surface area contributed by atoms with Crippen LogP contribution in [0, 0.1) is 0 Å². The molecule has 0 aliphatic carbocycles. The lowest BCUT2D eigenvalue weighted by Crippen LogP contribution is -2.49. The molecule has 2 aliphatic rings. The monoisotopic (exact) mass is 421 g/mol. The summed E-state index contributed by atoms with van der Waals surface area (Å²) in [5, 5.41) is 3.18. The Hall–Kier alpha value is -2.86. The van der Waals surface area contributed by atoms with Crippen LogP contribution in [0.4, 0.5) is 17.1 Å². The Morgan fingerprint density at radius 2 is 1.77 bits per heavy atom. The number of carbonyl (C=O) groups excluding carboxylic acids is 2. The minimum atomic E-state index is -0.720. The Balaban J connectivity index is 1.68. The summed E-state index contributed by atoms with van der Waals surface area (Å²) in [6.07, 6.45) is 1.59. The second-order valence-corrected chi connectivity index (χ2v) is 9.54. The molecule has 164 valence electrons. The molecule has 2 amide bonds. The molecule has 0 aromatic heterocycles. The zero-order valence-electron chi connectivity index (χ0n) is 19.0. The van der Waals surface area contributed by atoms with E-state index in [0.717, 1.165) is 35.5 Å². The molecule has 0 spiro atoms. The maximum absolute atomic E-state index is 13.4. The van der Waals surface area contributed by atoms with Gasteiger partial charge in [-0.15, -0.1) is 0 Å². The molecule has 1 saturated heterocycles. The summed E-state index contributed by atoms with van der Waals surface area (Å²) in [6.45, 7) is 7.22. The number of rotatable bonds is 4. The van der Waals surface area contributed by atoms with Gasteiger partial charge >= 0.3 is 0 Å². The highest BCUT2D eigenvalue weighted by Gasteiger charge is 2.45. The SMILES string of the molecule is CN(C)c1cccc(N2C(=O)C(C)(C)c3cc(C(=O)NC4(C)CCOCC4)ccc32)c1. The fourth-order valence-corrected chi connectivity index (χ4v) is 4.34. The highest BCUT2D eigenvalue weighted by atomic mass is 16.5. The smallest absolute Gasteiger partial charge is 0.251 e. The summed E-state index contributed by atoms with van der Waals surface area (Å²) < 4.78 is 5.43. The first-order valence-corrected chi connectivity index (χ1v) is 10.8. The number of amides is 2. The van der Waals surface area contributed by atoms with Crippen molar-refractivity contribution in [1.82, 2.24) is 5.32 Å². The van der Waals surface area contributed by atoms with Crippen LogP contribution in [0.3, 0.4) is 0 Å². The van der Waals surface area contributed by atoms with E-state index in [1.54, 1.807) is 4.90 Å². The first kappa shape index (κ1) is 21.4. The van der Waals surface area contributed by atoms with Gasteiger partial charge in [-0.25, -0.2) is 0 Å². The minimum Gasteiger partial charge on any atom is -0.381 e.